The molecule has 2 N–H and O–H groups in total. The highest BCUT2D eigenvalue weighted by Gasteiger charge is 2.18. The van der Waals surface area contributed by atoms with E-state index in [0.29, 0.717) is 10.8 Å². The van der Waals surface area contributed by atoms with E-state index in [1.165, 1.54) is 11.5 Å². The second-order valence-electron chi connectivity index (χ2n) is 4.37. The maximum atomic E-state index is 11.5. The van der Waals surface area contributed by atoms with E-state index in [2.05, 4.69) is 5.32 Å². The minimum absolute atomic E-state index is 0.410. The molecule has 1 fully saturated rings. The second kappa shape index (κ2) is 8.10. The number of carbonyl (C=O) groups is 1. The van der Waals surface area contributed by atoms with Crippen LogP contribution in [0.2, 0.25) is 0 Å². The summed E-state index contributed by atoms with van der Waals surface area (Å²) in [5.41, 5.74) is 1.15. The summed E-state index contributed by atoms with van der Waals surface area (Å²) < 4.78 is 0. The van der Waals surface area contributed by atoms with Crippen molar-refractivity contribution in [2.75, 3.05) is 34.9 Å². The van der Waals surface area contributed by atoms with E-state index < -0.39 is 5.97 Å². The molecule has 0 aliphatic carbocycles. The molecule has 0 spiro atoms. The number of benzene rings is 1. The van der Waals surface area contributed by atoms with E-state index in [1.807, 2.05) is 48.6 Å². The predicted molar refractivity (Wildman–Crippen MR) is 91.9 cm³/mol. The fourth-order valence-corrected chi connectivity index (χ4v) is 5.49. The number of carboxylic acid groups (broad SMARTS) is 1. The zero-order chi connectivity index (χ0) is 14.4. The van der Waals surface area contributed by atoms with Crippen LogP contribution in [-0.4, -0.2) is 45.9 Å². The summed E-state index contributed by atoms with van der Waals surface area (Å²) in [6.07, 6.45) is 0. The van der Waals surface area contributed by atoms with E-state index in [-0.39, 0.29) is 0 Å². The molecule has 110 valence electrons. The first-order chi connectivity index (χ1) is 9.72. The Balaban J connectivity index is 2.09. The van der Waals surface area contributed by atoms with Crippen molar-refractivity contribution in [3.8, 4) is 0 Å². The number of anilines is 1. The van der Waals surface area contributed by atoms with E-state index in [1.54, 1.807) is 11.8 Å². The second-order valence-corrected chi connectivity index (χ2v) is 8.23. The standard InChI is InChI=1S/C14H19NO2S3/c1-2-19-12-5-3-4-11(13(12)14(16)17)15-8-10-9-18-6-7-20-10/h3-5,10,15H,2,6-9H2,1H3,(H,16,17). The van der Waals surface area contributed by atoms with Crippen molar-refractivity contribution in [1.29, 1.82) is 0 Å². The third kappa shape index (κ3) is 4.27. The van der Waals surface area contributed by atoms with Gasteiger partial charge >= 0.3 is 5.97 Å². The van der Waals surface area contributed by atoms with Crippen LogP contribution >= 0.6 is 35.3 Å². The third-order valence-corrected chi connectivity index (χ3v) is 6.73. The van der Waals surface area contributed by atoms with Gasteiger partial charge in [0, 0.05) is 39.6 Å². The lowest BCUT2D eigenvalue weighted by Gasteiger charge is -2.22. The van der Waals surface area contributed by atoms with Crippen LogP contribution in [0.4, 0.5) is 5.69 Å². The zero-order valence-electron chi connectivity index (χ0n) is 11.4. The van der Waals surface area contributed by atoms with Gasteiger partial charge < -0.3 is 10.4 Å². The molecule has 3 nitrogen and oxygen atoms in total. The summed E-state index contributed by atoms with van der Waals surface area (Å²) in [7, 11) is 0. The number of nitrogens with one attached hydrogen (secondary N) is 1. The molecule has 0 saturated carbocycles. The Bertz CT molecular complexity index is 462. The van der Waals surface area contributed by atoms with Gasteiger partial charge in [-0.1, -0.05) is 13.0 Å². The smallest absolute Gasteiger partial charge is 0.338 e. The van der Waals surface area contributed by atoms with E-state index in [4.69, 9.17) is 0 Å². The molecule has 2 rings (SSSR count). The first kappa shape index (κ1) is 15.9. The summed E-state index contributed by atoms with van der Waals surface area (Å²) in [6.45, 7) is 2.87. The molecule has 20 heavy (non-hydrogen) atoms. The van der Waals surface area contributed by atoms with Crippen LogP contribution in [0.3, 0.4) is 0 Å². The normalized spacial score (nSPS) is 18.8. The van der Waals surface area contributed by atoms with Gasteiger partial charge in [-0.25, -0.2) is 4.79 Å². The van der Waals surface area contributed by atoms with Gasteiger partial charge in [0.2, 0.25) is 0 Å². The van der Waals surface area contributed by atoms with Gasteiger partial charge in [-0.15, -0.1) is 11.8 Å². The number of carboxylic acids is 1. The summed E-state index contributed by atoms with van der Waals surface area (Å²) in [4.78, 5) is 12.3. The number of rotatable bonds is 6. The lowest BCUT2D eigenvalue weighted by molar-refractivity contribution is 0.0694. The third-order valence-electron chi connectivity index (χ3n) is 2.95. The van der Waals surface area contributed by atoms with Crippen molar-refractivity contribution >= 4 is 46.9 Å². The molecule has 1 unspecified atom stereocenters. The molecule has 0 bridgehead atoms. The van der Waals surface area contributed by atoms with Gasteiger partial charge in [-0.3, -0.25) is 0 Å². The van der Waals surface area contributed by atoms with Gasteiger partial charge in [-0.2, -0.15) is 23.5 Å². The molecule has 1 aromatic rings. The first-order valence-electron chi connectivity index (χ1n) is 6.64. The zero-order valence-corrected chi connectivity index (χ0v) is 13.9. The van der Waals surface area contributed by atoms with Gasteiger partial charge in [-0.05, 0) is 17.9 Å². The molecule has 1 atom stereocenters. The molecule has 0 radical (unpaired) electrons. The Labute approximate surface area is 132 Å². The molecule has 1 saturated heterocycles. The Morgan fingerprint density at radius 1 is 1.50 bits per heavy atom. The fraction of sp³-hybridized carbons (Fsp3) is 0.500. The summed E-state index contributed by atoms with van der Waals surface area (Å²) >= 11 is 5.53. The van der Waals surface area contributed by atoms with E-state index in [0.717, 1.165) is 28.6 Å². The van der Waals surface area contributed by atoms with Gasteiger partial charge in [0.25, 0.3) is 0 Å². The maximum Gasteiger partial charge on any atom is 0.338 e. The maximum absolute atomic E-state index is 11.5. The number of aromatic carboxylic acids is 1. The average Bonchev–Trinajstić information content (AvgIpc) is 2.46. The van der Waals surface area contributed by atoms with Crippen LogP contribution in [0.5, 0.6) is 0 Å². The Morgan fingerprint density at radius 3 is 3.00 bits per heavy atom. The molecule has 1 aliphatic heterocycles. The van der Waals surface area contributed by atoms with Crippen LogP contribution in [0.25, 0.3) is 0 Å². The quantitative estimate of drug-likeness (QED) is 0.775. The Kier molecular flexibility index (Phi) is 6.45. The lowest BCUT2D eigenvalue weighted by Crippen LogP contribution is -2.24. The van der Waals surface area contributed by atoms with Crippen molar-refractivity contribution in [1.82, 2.24) is 0 Å². The molecular weight excluding hydrogens is 310 g/mol. The van der Waals surface area contributed by atoms with Crippen molar-refractivity contribution < 1.29 is 9.90 Å². The Hall–Kier alpha value is -0.460. The molecular formula is C14H19NO2S3. The number of hydrogen-bond acceptors (Lipinski definition) is 5. The minimum atomic E-state index is -0.852. The summed E-state index contributed by atoms with van der Waals surface area (Å²) in [5.74, 6) is 3.58. The lowest BCUT2D eigenvalue weighted by atomic mass is 10.1. The topological polar surface area (TPSA) is 49.3 Å². The van der Waals surface area contributed by atoms with Crippen LogP contribution in [0.15, 0.2) is 23.1 Å². The van der Waals surface area contributed by atoms with Crippen molar-refractivity contribution in [2.45, 2.75) is 17.1 Å². The van der Waals surface area contributed by atoms with Crippen LogP contribution in [0, 0.1) is 0 Å². The predicted octanol–water partition coefficient (Wildman–Crippen LogP) is 3.76. The highest BCUT2D eigenvalue weighted by atomic mass is 32.2. The van der Waals surface area contributed by atoms with Gasteiger partial charge in [0.1, 0.15) is 0 Å². The SMILES string of the molecule is CCSc1cccc(NCC2CSCCS2)c1C(=O)O. The van der Waals surface area contributed by atoms with E-state index in [9.17, 15) is 9.90 Å². The molecule has 0 aromatic heterocycles. The number of thioether (sulfide) groups is 3. The van der Waals surface area contributed by atoms with Crippen molar-refractivity contribution in [3.63, 3.8) is 0 Å². The molecule has 1 aromatic carbocycles. The molecule has 6 heteroatoms. The summed E-state index contributed by atoms with van der Waals surface area (Å²) in [5, 5.41) is 13.3. The highest BCUT2D eigenvalue weighted by Crippen LogP contribution is 2.30. The summed E-state index contributed by atoms with van der Waals surface area (Å²) in [6, 6.07) is 5.67. The fourth-order valence-electron chi connectivity index (χ4n) is 2.05. The van der Waals surface area contributed by atoms with Crippen LogP contribution in [-0.2, 0) is 0 Å². The van der Waals surface area contributed by atoms with E-state index >= 15 is 0 Å². The number of hydrogen-bond donors (Lipinski definition) is 2. The molecule has 1 aliphatic rings. The Morgan fingerprint density at radius 2 is 2.35 bits per heavy atom. The molecule has 0 amide bonds. The van der Waals surface area contributed by atoms with Gasteiger partial charge in [0.15, 0.2) is 0 Å². The average molecular weight is 330 g/mol. The minimum Gasteiger partial charge on any atom is -0.478 e. The highest BCUT2D eigenvalue weighted by molar-refractivity contribution is 8.06. The first-order valence-corrected chi connectivity index (χ1v) is 9.83. The monoisotopic (exact) mass is 329 g/mol. The van der Waals surface area contributed by atoms with Crippen LogP contribution < -0.4 is 5.32 Å². The van der Waals surface area contributed by atoms with Crippen molar-refractivity contribution in [2.24, 2.45) is 0 Å². The van der Waals surface area contributed by atoms with Gasteiger partial charge in [0.05, 0.1) is 5.56 Å². The van der Waals surface area contributed by atoms with Crippen molar-refractivity contribution in [3.05, 3.63) is 23.8 Å². The van der Waals surface area contributed by atoms with Crippen LogP contribution in [0.1, 0.15) is 17.3 Å². The molecule has 1 heterocycles. The largest absolute Gasteiger partial charge is 0.478 e.